The van der Waals surface area contributed by atoms with E-state index in [1.165, 1.54) is 5.01 Å². The zero-order valence-corrected chi connectivity index (χ0v) is 15.8. The Morgan fingerprint density at radius 3 is 2.84 bits per heavy atom. The second kappa shape index (κ2) is 7.25. The van der Waals surface area contributed by atoms with Crippen LogP contribution in [0.15, 0.2) is 33.8 Å². The van der Waals surface area contributed by atoms with E-state index in [1.807, 2.05) is 24.3 Å². The van der Waals surface area contributed by atoms with Crippen LogP contribution in [0.2, 0.25) is 0 Å². The molecule has 1 atom stereocenters. The van der Waals surface area contributed by atoms with Gasteiger partial charge in [-0.2, -0.15) is 5.10 Å². The molecule has 9 heteroatoms. The number of hydrazone groups is 1. The van der Waals surface area contributed by atoms with Crippen molar-refractivity contribution in [3.63, 3.8) is 0 Å². The number of halogens is 1. The van der Waals surface area contributed by atoms with Crippen molar-refractivity contribution in [1.82, 2.24) is 10.3 Å². The largest absolute Gasteiger partial charge is 0.347 e. The number of nitrogens with one attached hydrogen (secondary N) is 1. The zero-order valence-electron chi connectivity index (χ0n) is 13.4. The molecule has 2 amide bonds. The molecule has 3 rings (SSSR count). The van der Waals surface area contributed by atoms with Crippen molar-refractivity contribution in [3.8, 4) is 0 Å². The van der Waals surface area contributed by atoms with Crippen LogP contribution >= 0.6 is 15.9 Å². The smallest absolute Gasteiger partial charge is 0.267 e. The number of carbonyl (C=O) groups excluding carboxylic acids is 2. The molecule has 0 radical (unpaired) electrons. The summed E-state index contributed by atoms with van der Waals surface area (Å²) in [5.41, 5.74) is 1.20. The molecule has 0 bridgehead atoms. The minimum Gasteiger partial charge on any atom is -0.347 e. The Morgan fingerprint density at radius 2 is 2.16 bits per heavy atom. The van der Waals surface area contributed by atoms with E-state index in [1.54, 1.807) is 0 Å². The van der Waals surface area contributed by atoms with Crippen molar-refractivity contribution in [3.05, 3.63) is 34.3 Å². The van der Waals surface area contributed by atoms with Crippen molar-refractivity contribution in [2.24, 2.45) is 5.10 Å². The van der Waals surface area contributed by atoms with Gasteiger partial charge in [-0.3, -0.25) is 9.59 Å². The van der Waals surface area contributed by atoms with Gasteiger partial charge in [-0.05, 0) is 24.1 Å². The lowest BCUT2D eigenvalue weighted by Crippen LogP contribution is -2.43. The third-order valence-electron chi connectivity index (χ3n) is 4.22. The molecule has 1 aromatic rings. The van der Waals surface area contributed by atoms with Gasteiger partial charge < -0.3 is 5.32 Å². The maximum Gasteiger partial charge on any atom is 0.267 e. The number of hydrogen-bond acceptors (Lipinski definition) is 5. The molecule has 2 aliphatic heterocycles. The molecule has 0 saturated carbocycles. The second-order valence-corrected chi connectivity index (χ2v) is 9.30. The Balaban J connectivity index is 1.67. The fraction of sp³-hybridized carbons (Fsp3) is 0.438. The summed E-state index contributed by atoms with van der Waals surface area (Å²) < 4.78 is 24.2. The maximum atomic E-state index is 12.3. The Kier molecular flexibility index (Phi) is 5.24. The van der Waals surface area contributed by atoms with E-state index in [-0.39, 0.29) is 41.9 Å². The highest BCUT2D eigenvalue weighted by molar-refractivity contribution is 9.10. The molecule has 0 aliphatic carbocycles. The van der Waals surface area contributed by atoms with Crippen LogP contribution in [-0.2, 0) is 26.0 Å². The summed E-state index contributed by atoms with van der Waals surface area (Å²) in [6.07, 6.45) is 0.795. The molecule has 7 nitrogen and oxygen atoms in total. The van der Waals surface area contributed by atoms with E-state index >= 15 is 0 Å². The highest BCUT2D eigenvalue weighted by Crippen LogP contribution is 2.22. The molecule has 1 aromatic carbocycles. The van der Waals surface area contributed by atoms with Crippen molar-refractivity contribution in [1.29, 1.82) is 0 Å². The quantitative estimate of drug-likeness (QED) is 0.781. The third-order valence-corrected chi connectivity index (χ3v) is 6.46. The van der Waals surface area contributed by atoms with E-state index in [9.17, 15) is 18.0 Å². The second-order valence-electron chi connectivity index (χ2n) is 6.15. The van der Waals surface area contributed by atoms with Gasteiger partial charge in [0.1, 0.15) is 5.71 Å². The van der Waals surface area contributed by atoms with Crippen LogP contribution in [0.3, 0.4) is 0 Å². The molecular weight excluding hydrogens is 410 g/mol. The third kappa shape index (κ3) is 4.46. The molecule has 1 unspecified atom stereocenters. The lowest BCUT2D eigenvalue weighted by molar-refractivity contribution is -0.133. The van der Waals surface area contributed by atoms with Gasteiger partial charge in [-0.15, -0.1) is 0 Å². The van der Waals surface area contributed by atoms with Crippen molar-refractivity contribution in [2.75, 3.05) is 11.5 Å². The van der Waals surface area contributed by atoms with Crippen LogP contribution in [-0.4, -0.2) is 48.5 Å². The van der Waals surface area contributed by atoms with E-state index < -0.39 is 15.9 Å². The molecule has 0 spiro atoms. The van der Waals surface area contributed by atoms with E-state index in [0.29, 0.717) is 13.0 Å². The van der Waals surface area contributed by atoms with Crippen molar-refractivity contribution in [2.45, 2.75) is 31.8 Å². The number of carbonyl (C=O) groups is 2. The lowest BCUT2D eigenvalue weighted by Gasteiger charge is -2.27. The molecule has 2 aliphatic rings. The standard InChI is InChI=1S/C16H18BrN3O4S/c17-12-3-1-2-11(8-12)9-18-16(22)14-4-5-15(21)20(19-14)13-6-7-25(23,24)10-13/h1-3,8,13H,4-7,9-10H2,(H,18,22). The summed E-state index contributed by atoms with van der Waals surface area (Å²) in [6.45, 7) is 0.350. The Morgan fingerprint density at radius 1 is 1.36 bits per heavy atom. The Hall–Kier alpha value is -1.74. The van der Waals surface area contributed by atoms with Crippen LogP contribution in [0.5, 0.6) is 0 Å². The summed E-state index contributed by atoms with van der Waals surface area (Å²) >= 11 is 3.38. The number of benzene rings is 1. The summed E-state index contributed by atoms with van der Waals surface area (Å²) in [6, 6.07) is 7.11. The molecule has 1 fully saturated rings. The highest BCUT2D eigenvalue weighted by Gasteiger charge is 2.37. The van der Waals surface area contributed by atoms with Gasteiger partial charge in [0, 0.05) is 23.9 Å². The Labute approximate surface area is 154 Å². The van der Waals surface area contributed by atoms with E-state index in [4.69, 9.17) is 0 Å². The molecule has 2 heterocycles. The van der Waals surface area contributed by atoms with Gasteiger partial charge in [-0.25, -0.2) is 13.4 Å². The van der Waals surface area contributed by atoms with Crippen molar-refractivity contribution < 1.29 is 18.0 Å². The predicted molar refractivity (Wildman–Crippen MR) is 96.6 cm³/mol. The average molecular weight is 428 g/mol. The van der Waals surface area contributed by atoms with Crippen LogP contribution in [0, 0.1) is 0 Å². The summed E-state index contributed by atoms with van der Waals surface area (Å²) in [5, 5.41) is 8.14. The van der Waals surface area contributed by atoms with Crippen LogP contribution in [0.25, 0.3) is 0 Å². The van der Waals surface area contributed by atoms with E-state index in [0.717, 1.165) is 10.0 Å². The molecule has 0 aromatic heterocycles. The molecular formula is C16H18BrN3O4S. The predicted octanol–water partition coefficient (Wildman–Crippen LogP) is 1.23. The fourth-order valence-electron chi connectivity index (χ4n) is 2.92. The van der Waals surface area contributed by atoms with Gasteiger partial charge >= 0.3 is 0 Å². The number of rotatable bonds is 4. The first-order valence-electron chi connectivity index (χ1n) is 7.97. The minimum absolute atomic E-state index is 0.0569. The van der Waals surface area contributed by atoms with Crippen LogP contribution in [0.4, 0.5) is 0 Å². The summed E-state index contributed by atoms with van der Waals surface area (Å²) in [5.74, 6) is -0.597. The minimum atomic E-state index is -3.12. The van der Waals surface area contributed by atoms with Gasteiger partial charge in [0.25, 0.3) is 5.91 Å². The topological polar surface area (TPSA) is 95.9 Å². The van der Waals surface area contributed by atoms with E-state index in [2.05, 4.69) is 26.3 Å². The Bertz CT molecular complexity index is 838. The maximum absolute atomic E-state index is 12.3. The first kappa shape index (κ1) is 18.1. The first-order valence-corrected chi connectivity index (χ1v) is 10.6. The lowest BCUT2D eigenvalue weighted by atomic mass is 10.1. The molecule has 1 N–H and O–H groups in total. The normalized spacial score (nSPS) is 22.6. The highest BCUT2D eigenvalue weighted by atomic mass is 79.9. The molecule has 1 saturated heterocycles. The number of hydrogen-bond donors (Lipinski definition) is 1. The molecule has 134 valence electrons. The van der Waals surface area contributed by atoms with Gasteiger partial charge in [0.2, 0.25) is 5.91 Å². The number of sulfone groups is 1. The van der Waals surface area contributed by atoms with Gasteiger partial charge in [0.15, 0.2) is 9.84 Å². The van der Waals surface area contributed by atoms with Gasteiger partial charge in [-0.1, -0.05) is 28.1 Å². The SMILES string of the molecule is O=C(NCc1cccc(Br)c1)C1=NN(C2CCS(=O)(=O)C2)C(=O)CC1. The summed E-state index contributed by atoms with van der Waals surface area (Å²) in [4.78, 5) is 24.4. The van der Waals surface area contributed by atoms with Crippen LogP contribution < -0.4 is 5.32 Å². The zero-order chi connectivity index (χ0) is 18.0. The first-order chi connectivity index (χ1) is 11.8. The van der Waals surface area contributed by atoms with Gasteiger partial charge in [0.05, 0.1) is 17.5 Å². The monoisotopic (exact) mass is 427 g/mol. The molecule has 25 heavy (non-hydrogen) atoms. The average Bonchev–Trinajstić information content (AvgIpc) is 2.93. The fourth-order valence-corrected chi connectivity index (χ4v) is 5.06. The van der Waals surface area contributed by atoms with Crippen molar-refractivity contribution >= 4 is 43.3 Å². The number of amides is 2. The van der Waals surface area contributed by atoms with Crippen LogP contribution in [0.1, 0.15) is 24.8 Å². The number of nitrogens with zero attached hydrogens (tertiary/aromatic N) is 2. The summed E-state index contributed by atoms with van der Waals surface area (Å²) in [7, 11) is -3.12.